The number of carbonyl (C=O) groups is 2. The molecule has 2 aromatic carbocycles. The molecular formula is C21H24ClNO4. The fourth-order valence-corrected chi connectivity index (χ4v) is 2.71. The van der Waals surface area contributed by atoms with Crippen LogP contribution in [0.1, 0.15) is 41.8 Å². The number of benzene rings is 2. The lowest BCUT2D eigenvalue weighted by Crippen LogP contribution is -2.32. The molecule has 0 heterocycles. The van der Waals surface area contributed by atoms with Gasteiger partial charge < -0.3 is 14.8 Å². The molecule has 6 heteroatoms. The first kappa shape index (κ1) is 20.8. The van der Waals surface area contributed by atoms with E-state index in [9.17, 15) is 9.59 Å². The zero-order valence-corrected chi connectivity index (χ0v) is 16.7. The van der Waals surface area contributed by atoms with Crippen LogP contribution in [0.3, 0.4) is 0 Å². The van der Waals surface area contributed by atoms with Crippen molar-refractivity contribution in [2.75, 3.05) is 11.9 Å². The molecule has 0 unspecified atom stereocenters. The minimum Gasteiger partial charge on any atom is -0.480 e. The van der Waals surface area contributed by atoms with E-state index in [1.807, 2.05) is 39.0 Å². The van der Waals surface area contributed by atoms with Gasteiger partial charge >= 0.3 is 5.97 Å². The third-order valence-corrected chi connectivity index (χ3v) is 4.33. The second-order valence-electron chi connectivity index (χ2n) is 6.19. The van der Waals surface area contributed by atoms with Crippen molar-refractivity contribution < 1.29 is 19.1 Å². The van der Waals surface area contributed by atoms with Gasteiger partial charge in [-0.05, 0) is 62.6 Å². The number of hydrogen-bond acceptors (Lipinski definition) is 4. The SMILES string of the molecule is CCOC(=O)c1ccc(NC(=O)[C@@H](CC)Oc2cc(C)ccc2C)c(Cl)c1. The van der Waals surface area contributed by atoms with Gasteiger partial charge in [0.25, 0.3) is 5.91 Å². The predicted octanol–water partition coefficient (Wildman–Crippen LogP) is 4.93. The highest BCUT2D eigenvalue weighted by Crippen LogP contribution is 2.25. The van der Waals surface area contributed by atoms with Crippen molar-refractivity contribution in [3.8, 4) is 5.75 Å². The molecule has 0 aromatic heterocycles. The fraction of sp³-hybridized carbons (Fsp3) is 0.333. The van der Waals surface area contributed by atoms with Gasteiger partial charge in [-0.3, -0.25) is 4.79 Å². The molecule has 0 saturated carbocycles. The van der Waals surface area contributed by atoms with Crippen LogP contribution in [0.15, 0.2) is 36.4 Å². The zero-order chi connectivity index (χ0) is 20.0. The van der Waals surface area contributed by atoms with Crippen molar-refractivity contribution >= 4 is 29.2 Å². The first-order valence-corrected chi connectivity index (χ1v) is 9.25. The molecule has 0 spiro atoms. The smallest absolute Gasteiger partial charge is 0.338 e. The molecule has 0 fully saturated rings. The third-order valence-electron chi connectivity index (χ3n) is 4.01. The monoisotopic (exact) mass is 389 g/mol. The van der Waals surface area contributed by atoms with Gasteiger partial charge in [-0.1, -0.05) is 30.7 Å². The molecule has 0 saturated heterocycles. The molecule has 1 amide bonds. The quantitative estimate of drug-likeness (QED) is 0.682. The molecule has 0 aliphatic rings. The second-order valence-corrected chi connectivity index (χ2v) is 6.60. The van der Waals surface area contributed by atoms with Crippen LogP contribution in [0.25, 0.3) is 0 Å². The number of halogens is 1. The van der Waals surface area contributed by atoms with Gasteiger partial charge in [0.05, 0.1) is 22.9 Å². The molecule has 1 N–H and O–H groups in total. The van der Waals surface area contributed by atoms with Crippen molar-refractivity contribution in [2.24, 2.45) is 0 Å². The van der Waals surface area contributed by atoms with E-state index in [1.165, 1.54) is 6.07 Å². The van der Waals surface area contributed by atoms with Crippen LogP contribution in [0.4, 0.5) is 5.69 Å². The molecule has 0 radical (unpaired) electrons. The summed E-state index contributed by atoms with van der Waals surface area (Å²) >= 11 is 6.21. The summed E-state index contributed by atoms with van der Waals surface area (Å²) in [6.45, 7) is 7.79. The maximum absolute atomic E-state index is 12.6. The Labute approximate surface area is 164 Å². The number of ether oxygens (including phenoxy) is 2. The van der Waals surface area contributed by atoms with Crippen molar-refractivity contribution in [3.63, 3.8) is 0 Å². The maximum atomic E-state index is 12.6. The van der Waals surface area contributed by atoms with E-state index in [0.29, 0.717) is 23.4 Å². The van der Waals surface area contributed by atoms with Crippen molar-refractivity contribution in [1.29, 1.82) is 0 Å². The Balaban J connectivity index is 2.12. The Morgan fingerprint density at radius 3 is 2.48 bits per heavy atom. The van der Waals surface area contributed by atoms with E-state index in [1.54, 1.807) is 19.1 Å². The van der Waals surface area contributed by atoms with Gasteiger partial charge in [0, 0.05) is 0 Å². The van der Waals surface area contributed by atoms with Crippen LogP contribution in [-0.2, 0) is 9.53 Å². The van der Waals surface area contributed by atoms with Gasteiger partial charge in [-0.15, -0.1) is 0 Å². The summed E-state index contributed by atoms with van der Waals surface area (Å²) < 4.78 is 10.9. The van der Waals surface area contributed by atoms with Crippen LogP contribution in [0, 0.1) is 13.8 Å². The summed E-state index contributed by atoms with van der Waals surface area (Å²) in [4.78, 5) is 24.4. The Bertz CT molecular complexity index is 835. The second kappa shape index (κ2) is 9.42. The Hall–Kier alpha value is -2.53. The van der Waals surface area contributed by atoms with Gasteiger partial charge in [-0.2, -0.15) is 0 Å². The number of esters is 1. The van der Waals surface area contributed by atoms with Crippen molar-refractivity contribution in [1.82, 2.24) is 0 Å². The lowest BCUT2D eigenvalue weighted by atomic mass is 10.1. The summed E-state index contributed by atoms with van der Waals surface area (Å²) in [5.74, 6) is -0.0769. The molecule has 27 heavy (non-hydrogen) atoms. The first-order valence-electron chi connectivity index (χ1n) is 8.87. The predicted molar refractivity (Wildman–Crippen MR) is 107 cm³/mol. The van der Waals surface area contributed by atoms with E-state index < -0.39 is 12.1 Å². The first-order chi connectivity index (χ1) is 12.8. The third kappa shape index (κ3) is 5.47. The Morgan fingerprint density at radius 1 is 1.11 bits per heavy atom. The van der Waals surface area contributed by atoms with Crippen LogP contribution >= 0.6 is 11.6 Å². The highest BCUT2D eigenvalue weighted by atomic mass is 35.5. The average molecular weight is 390 g/mol. The molecule has 0 bridgehead atoms. The zero-order valence-electron chi connectivity index (χ0n) is 16.0. The summed E-state index contributed by atoms with van der Waals surface area (Å²) in [6.07, 6.45) is -0.163. The Kier molecular flexibility index (Phi) is 7.25. The molecule has 0 aliphatic heterocycles. The number of rotatable bonds is 7. The summed E-state index contributed by atoms with van der Waals surface area (Å²) in [5.41, 5.74) is 2.77. The normalized spacial score (nSPS) is 11.6. The lowest BCUT2D eigenvalue weighted by Gasteiger charge is -2.19. The van der Waals surface area contributed by atoms with Crippen LogP contribution < -0.4 is 10.1 Å². The summed E-state index contributed by atoms with van der Waals surface area (Å²) in [7, 11) is 0. The largest absolute Gasteiger partial charge is 0.480 e. The highest BCUT2D eigenvalue weighted by molar-refractivity contribution is 6.34. The number of hydrogen-bond donors (Lipinski definition) is 1. The summed E-state index contributed by atoms with van der Waals surface area (Å²) in [5, 5.41) is 3.03. The van der Waals surface area contributed by atoms with Gasteiger partial charge in [0.15, 0.2) is 6.10 Å². The maximum Gasteiger partial charge on any atom is 0.338 e. The number of amides is 1. The van der Waals surface area contributed by atoms with E-state index in [-0.39, 0.29) is 17.5 Å². The minimum atomic E-state index is -0.661. The number of nitrogens with one attached hydrogen (secondary N) is 1. The topological polar surface area (TPSA) is 64.6 Å². The van der Waals surface area contributed by atoms with Gasteiger partial charge in [0.2, 0.25) is 0 Å². The van der Waals surface area contributed by atoms with E-state index in [0.717, 1.165) is 11.1 Å². The molecule has 0 aliphatic carbocycles. The van der Waals surface area contributed by atoms with Crippen LogP contribution in [-0.4, -0.2) is 24.6 Å². The van der Waals surface area contributed by atoms with Gasteiger partial charge in [-0.25, -0.2) is 4.79 Å². The molecule has 2 rings (SSSR count). The number of carbonyl (C=O) groups excluding carboxylic acids is 2. The van der Waals surface area contributed by atoms with E-state index in [4.69, 9.17) is 21.1 Å². The molecule has 1 atom stereocenters. The van der Waals surface area contributed by atoms with Crippen molar-refractivity contribution in [3.05, 3.63) is 58.1 Å². The minimum absolute atomic E-state index is 0.260. The van der Waals surface area contributed by atoms with Gasteiger partial charge in [0.1, 0.15) is 5.75 Å². The average Bonchev–Trinajstić information content (AvgIpc) is 2.64. The lowest BCUT2D eigenvalue weighted by molar-refractivity contribution is -0.122. The summed E-state index contributed by atoms with van der Waals surface area (Å²) in [6, 6.07) is 10.5. The molecular weight excluding hydrogens is 366 g/mol. The molecule has 5 nitrogen and oxygen atoms in total. The molecule has 2 aromatic rings. The van der Waals surface area contributed by atoms with E-state index >= 15 is 0 Å². The van der Waals surface area contributed by atoms with E-state index in [2.05, 4.69) is 5.32 Å². The fourth-order valence-electron chi connectivity index (χ4n) is 2.48. The molecule has 144 valence electrons. The Morgan fingerprint density at radius 2 is 1.85 bits per heavy atom. The van der Waals surface area contributed by atoms with Crippen LogP contribution in [0.5, 0.6) is 5.75 Å². The van der Waals surface area contributed by atoms with Crippen molar-refractivity contribution in [2.45, 2.75) is 40.2 Å². The standard InChI is InChI=1S/C21H24ClNO4/c1-5-18(27-19-11-13(3)7-8-14(19)4)20(24)23-17-10-9-15(12-16(17)22)21(25)26-6-2/h7-12,18H,5-6H2,1-4H3,(H,23,24)/t18-/m1/s1. The highest BCUT2D eigenvalue weighted by Gasteiger charge is 2.21. The van der Waals surface area contributed by atoms with Crippen LogP contribution in [0.2, 0.25) is 5.02 Å². The number of anilines is 1. The number of aryl methyl sites for hydroxylation is 2.